The summed E-state index contributed by atoms with van der Waals surface area (Å²) >= 11 is 1.86. The molecule has 0 bridgehead atoms. The topological polar surface area (TPSA) is 102 Å². The Balaban J connectivity index is 1.82. The van der Waals surface area contributed by atoms with Crippen LogP contribution in [-0.4, -0.2) is 58.6 Å². The molecule has 9 atom stereocenters. The number of halogens is 1. The monoisotopic (exact) mass is 518 g/mol. The highest BCUT2D eigenvalue weighted by Crippen LogP contribution is 2.84. The lowest BCUT2D eigenvalue weighted by atomic mass is 9.22. The number of fused-ring (bicyclic) bond motifs is 1. The first-order chi connectivity index (χ1) is 13.5. The average Bonchev–Trinajstić information content (AvgIpc) is 2.61. The molecule has 0 aromatic carbocycles. The smallest absolute Gasteiger partial charge is 0.303 e. The van der Waals surface area contributed by atoms with Gasteiger partial charge in [0.2, 0.25) is 5.78 Å². The Morgan fingerprint density at radius 1 is 1.34 bits per heavy atom. The molecule has 0 radical (unpaired) electrons. The predicted octanol–water partition coefficient (Wildman–Crippen LogP) is 1.87. The SMILES string of the molecule is CC(=O)O[C@@H]1C(=O)C2=C(C)[C@@H](O)C[C@@]3(O)CC4([C@@H]5CO[C@@H]5C[C@H](OI)[C@@]14C)[C@@]23C. The lowest BCUT2D eigenvalue weighted by Gasteiger charge is -2.83. The molecule has 3 saturated carbocycles. The Morgan fingerprint density at radius 3 is 2.59 bits per heavy atom. The van der Waals surface area contributed by atoms with Crippen molar-refractivity contribution in [1.29, 1.82) is 0 Å². The number of Topliss-reactive ketones (excluding diaryl/α,β-unsaturated/α-hetero) is 1. The van der Waals surface area contributed by atoms with Crippen LogP contribution in [-0.2, 0) is 22.1 Å². The molecule has 8 heteroatoms. The standard InChI is InChI=1S/C21H27IO7/c1-9-12(24)6-20(26)8-21-11-7-27-13(11)5-14(29-22)18(21,3)17(28-10(2)23)16(25)15(9)19(20,21)4/h11-14,17,24,26H,5-8H2,1-4H3/t11-,12+,13-,14+,17-,18+,19+,20-,21?/m1/s1. The minimum absolute atomic E-state index is 0.0104. The summed E-state index contributed by atoms with van der Waals surface area (Å²) in [4.78, 5) is 25.9. The highest BCUT2D eigenvalue weighted by atomic mass is 127. The minimum atomic E-state index is -1.19. The molecule has 4 fully saturated rings. The third-order valence-corrected chi connectivity index (χ3v) is 10.0. The van der Waals surface area contributed by atoms with Gasteiger partial charge in [-0.25, -0.2) is 0 Å². The molecule has 1 saturated heterocycles. The van der Waals surface area contributed by atoms with Crippen molar-refractivity contribution >= 4 is 34.8 Å². The number of carbonyl (C=O) groups is 2. The third-order valence-electron chi connectivity index (χ3n) is 9.39. The predicted molar refractivity (Wildman–Crippen MR) is 109 cm³/mol. The van der Waals surface area contributed by atoms with Crippen LogP contribution in [0.3, 0.4) is 0 Å². The Hall–Kier alpha value is -0.550. The normalized spacial score (nSPS) is 55.1. The van der Waals surface area contributed by atoms with Crippen LogP contribution in [0.2, 0.25) is 0 Å². The van der Waals surface area contributed by atoms with Crippen molar-refractivity contribution in [2.75, 3.05) is 6.61 Å². The van der Waals surface area contributed by atoms with Crippen molar-refractivity contribution in [3.63, 3.8) is 0 Å². The lowest BCUT2D eigenvalue weighted by Crippen LogP contribution is -2.88. The van der Waals surface area contributed by atoms with Crippen molar-refractivity contribution in [1.82, 2.24) is 0 Å². The fraction of sp³-hybridized carbons (Fsp3) is 0.810. The van der Waals surface area contributed by atoms with Gasteiger partial charge in [-0.2, -0.15) is 0 Å². The van der Waals surface area contributed by atoms with E-state index in [0.717, 1.165) is 0 Å². The highest BCUT2D eigenvalue weighted by molar-refractivity contribution is 14.1. The first-order valence-corrected chi connectivity index (χ1v) is 11.1. The number of aliphatic hydroxyl groups is 2. The Labute approximate surface area is 183 Å². The molecule has 0 aromatic rings. The molecule has 160 valence electrons. The van der Waals surface area contributed by atoms with Gasteiger partial charge in [-0.05, 0) is 18.9 Å². The number of hydrogen-bond acceptors (Lipinski definition) is 7. The number of carbonyl (C=O) groups excluding carboxylic acids is 2. The van der Waals surface area contributed by atoms with Crippen LogP contribution in [0.15, 0.2) is 11.1 Å². The van der Waals surface area contributed by atoms with Gasteiger partial charge in [-0.1, -0.05) is 13.8 Å². The molecule has 1 aliphatic heterocycles. The number of aliphatic hydroxyl groups excluding tert-OH is 1. The van der Waals surface area contributed by atoms with E-state index in [0.29, 0.717) is 30.6 Å². The van der Waals surface area contributed by atoms with Gasteiger partial charge in [0.05, 0.1) is 30.5 Å². The second-order valence-corrected chi connectivity index (χ2v) is 10.5. The molecule has 5 aliphatic rings. The van der Waals surface area contributed by atoms with E-state index in [4.69, 9.17) is 12.5 Å². The van der Waals surface area contributed by atoms with Crippen molar-refractivity contribution in [2.45, 2.75) is 77.0 Å². The van der Waals surface area contributed by atoms with Gasteiger partial charge in [0.25, 0.3) is 0 Å². The molecule has 7 nitrogen and oxygen atoms in total. The van der Waals surface area contributed by atoms with Crippen molar-refractivity contribution < 1.29 is 32.3 Å². The maximum atomic E-state index is 13.8. The quantitative estimate of drug-likeness (QED) is 0.425. The van der Waals surface area contributed by atoms with E-state index in [-0.39, 0.29) is 30.3 Å². The van der Waals surface area contributed by atoms with Crippen LogP contribution < -0.4 is 0 Å². The summed E-state index contributed by atoms with van der Waals surface area (Å²) in [5.74, 6) is -0.705. The summed E-state index contributed by atoms with van der Waals surface area (Å²) in [6, 6.07) is 0. The molecule has 0 aromatic heterocycles. The van der Waals surface area contributed by atoms with Crippen molar-refractivity contribution in [3.05, 3.63) is 11.1 Å². The Bertz CT molecular complexity index is 856. The van der Waals surface area contributed by atoms with E-state index in [1.54, 1.807) is 6.92 Å². The number of ketones is 1. The fourth-order valence-corrected chi connectivity index (χ4v) is 8.74. The van der Waals surface area contributed by atoms with Crippen LogP contribution in [0.5, 0.6) is 0 Å². The van der Waals surface area contributed by atoms with Gasteiger partial charge in [-0.3, -0.25) is 9.59 Å². The fourth-order valence-electron chi connectivity index (χ4n) is 8.00. The Morgan fingerprint density at radius 2 is 2.03 bits per heavy atom. The number of esters is 1. The lowest BCUT2D eigenvalue weighted by molar-refractivity contribution is -0.399. The summed E-state index contributed by atoms with van der Waals surface area (Å²) in [5.41, 5.74) is -2.37. The molecule has 1 spiro atoms. The summed E-state index contributed by atoms with van der Waals surface area (Å²) in [6.07, 6.45) is -1.04. The van der Waals surface area contributed by atoms with Crippen molar-refractivity contribution in [2.24, 2.45) is 22.2 Å². The second kappa shape index (κ2) is 5.82. The average molecular weight is 518 g/mol. The second-order valence-electron chi connectivity index (χ2n) is 10.0. The summed E-state index contributed by atoms with van der Waals surface area (Å²) < 4.78 is 17.5. The first kappa shape index (κ1) is 20.4. The number of rotatable bonds is 2. The molecular formula is C21H27IO7. The molecule has 29 heavy (non-hydrogen) atoms. The first-order valence-electron chi connectivity index (χ1n) is 10.2. The van der Waals surface area contributed by atoms with E-state index >= 15 is 0 Å². The number of ether oxygens (including phenoxy) is 2. The largest absolute Gasteiger partial charge is 0.453 e. The van der Waals surface area contributed by atoms with E-state index < -0.39 is 40.0 Å². The van der Waals surface area contributed by atoms with E-state index in [1.165, 1.54) is 6.92 Å². The van der Waals surface area contributed by atoms with Crippen LogP contribution in [0.25, 0.3) is 0 Å². The van der Waals surface area contributed by atoms with Crippen LogP contribution >= 0.6 is 23.0 Å². The van der Waals surface area contributed by atoms with Gasteiger partial charge in [0.15, 0.2) is 6.10 Å². The molecular weight excluding hydrogens is 491 g/mol. The third kappa shape index (κ3) is 1.91. The summed E-state index contributed by atoms with van der Waals surface area (Å²) in [5, 5.41) is 22.3. The van der Waals surface area contributed by atoms with Crippen LogP contribution in [0.1, 0.15) is 47.0 Å². The van der Waals surface area contributed by atoms with Crippen LogP contribution in [0.4, 0.5) is 0 Å². The van der Waals surface area contributed by atoms with Gasteiger partial charge >= 0.3 is 5.97 Å². The van der Waals surface area contributed by atoms with Gasteiger partial charge < -0.3 is 22.8 Å². The molecule has 1 unspecified atom stereocenters. The summed E-state index contributed by atoms with van der Waals surface area (Å²) in [6.45, 7) is 7.57. The maximum absolute atomic E-state index is 13.8. The number of hydrogen-bond donors (Lipinski definition) is 2. The van der Waals surface area contributed by atoms with Gasteiger partial charge in [-0.15, -0.1) is 0 Å². The minimum Gasteiger partial charge on any atom is -0.453 e. The molecule has 4 aliphatic carbocycles. The zero-order valence-corrected chi connectivity index (χ0v) is 19.2. The zero-order valence-electron chi connectivity index (χ0n) is 17.0. The molecule has 1 heterocycles. The molecule has 0 amide bonds. The summed E-state index contributed by atoms with van der Waals surface area (Å²) in [7, 11) is 0. The maximum Gasteiger partial charge on any atom is 0.303 e. The van der Waals surface area contributed by atoms with Gasteiger partial charge in [0, 0.05) is 47.5 Å². The van der Waals surface area contributed by atoms with Crippen LogP contribution in [0, 0.1) is 22.2 Å². The van der Waals surface area contributed by atoms with E-state index in [2.05, 4.69) is 0 Å². The van der Waals surface area contributed by atoms with Gasteiger partial charge in [0.1, 0.15) is 23.0 Å². The van der Waals surface area contributed by atoms with E-state index in [9.17, 15) is 19.8 Å². The molecule has 5 rings (SSSR count). The van der Waals surface area contributed by atoms with Crippen molar-refractivity contribution in [3.8, 4) is 0 Å². The molecule has 2 N–H and O–H groups in total. The zero-order chi connectivity index (χ0) is 21.1. The van der Waals surface area contributed by atoms with E-state index in [1.807, 2.05) is 36.9 Å². The highest BCUT2D eigenvalue weighted by Gasteiger charge is 2.89. The Kier molecular flexibility index (Phi) is 4.08.